The Bertz CT molecular complexity index is 176. The minimum Gasteiger partial charge on any atom is -0.395 e. The maximum Gasteiger partial charge on any atom is 0.0644 e. The van der Waals surface area contributed by atoms with Gasteiger partial charge in [-0.3, -0.25) is 4.90 Å². The Morgan fingerprint density at radius 3 is 2.94 bits per heavy atom. The highest BCUT2D eigenvalue weighted by atomic mass is 16.5. The van der Waals surface area contributed by atoms with Crippen LogP contribution in [-0.4, -0.2) is 62.2 Å². The minimum absolute atomic E-state index is 0.155. The van der Waals surface area contributed by atoms with E-state index < -0.39 is 0 Å². The van der Waals surface area contributed by atoms with Gasteiger partial charge in [-0.2, -0.15) is 0 Å². The minimum atomic E-state index is 0.155. The van der Waals surface area contributed by atoms with Crippen molar-refractivity contribution in [1.29, 1.82) is 0 Å². The van der Waals surface area contributed by atoms with Crippen LogP contribution in [0.1, 0.15) is 20.3 Å². The predicted octanol–water partition coefficient (Wildman–Crippen LogP) is 0.742. The van der Waals surface area contributed by atoms with Gasteiger partial charge in [0.25, 0.3) is 0 Å². The molecule has 1 unspecified atom stereocenters. The van der Waals surface area contributed by atoms with Crippen LogP contribution in [0.2, 0.25) is 0 Å². The zero-order valence-corrected chi connectivity index (χ0v) is 10.5. The van der Waals surface area contributed by atoms with E-state index in [-0.39, 0.29) is 12.6 Å². The summed E-state index contributed by atoms with van der Waals surface area (Å²) in [6.07, 6.45) is 1.12. The Labute approximate surface area is 98.5 Å². The molecule has 0 aromatic rings. The van der Waals surface area contributed by atoms with E-state index in [1.807, 2.05) is 0 Å². The molecule has 1 aliphatic rings. The van der Waals surface area contributed by atoms with Crippen molar-refractivity contribution in [3.8, 4) is 0 Å². The third kappa shape index (κ3) is 5.25. The highest BCUT2D eigenvalue weighted by molar-refractivity contribution is 4.73. The predicted molar refractivity (Wildman–Crippen MR) is 63.5 cm³/mol. The van der Waals surface area contributed by atoms with E-state index in [0.717, 1.165) is 39.3 Å². The molecule has 0 aliphatic carbocycles. The van der Waals surface area contributed by atoms with Gasteiger partial charge in [0, 0.05) is 19.7 Å². The first-order chi connectivity index (χ1) is 7.74. The zero-order valence-electron chi connectivity index (χ0n) is 10.5. The van der Waals surface area contributed by atoms with Crippen LogP contribution in [0.4, 0.5) is 0 Å². The fourth-order valence-corrected chi connectivity index (χ4v) is 1.75. The van der Waals surface area contributed by atoms with E-state index in [2.05, 4.69) is 18.7 Å². The number of nitrogens with zero attached hydrogens (tertiary/aromatic N) is 1. The van der Waals surface area contributed by atoms with Crippen molar-refractivity contribution in [2.75, 3.05) is 46.1 Å². The first-order valence-corrected chi connectivity index (χ1v) is 6.24. The zero-order chi connectivity index (χ0) is 11.8. The van der Waals surface area contributed by atoms with E-state index in [9.17, 15) is 5.11 Å². The molecule has 0 aromatic carbocycles. The Balaban J connectivity index is 2.06. The summed E-state index contributed by atoms with van der Waals surface area (Å²) in [5.74, 6) is 0.702. The van der Waals surface area contributed by atoms with Gasteiger partial charge < -0.3 is 14.6 Å². The molecule has 4 nitrogen and oxygen atoms in total. The molecule has 16 heavy (non-hydrogen) atoms. The Morgan fingerprint density at radius 2 is 2.25 bits per heavy atom. The van der Waals surface area contributed by atoms with Crippen LogP contribution < -0.4 is 0 Å². The van der Waals surface area contributed by atoms with Gasteiger partial charge in [-0.15, -0.1) is 0 Å². The highest BCUT2D eigenvalue weighted by Gasteiger charge is 2.21. The molecule has 0 saturated carbocycles. The molecule has 1 rings (SSSR count). The van der Waals surface area contributed by atoms with Crippen LogP contribution >= 0.6 is 0 Å². The Kier molecular flexibility index (Phi) is 6.96. The van der Waals surface area contributed by atoms with E-state index in [1.54, 1.807) is 0 Å². The summed E-state index contributed by atoms with van der Waals surface area (Å²) < 4.78 is 10.9. The number of aliphatic hydroxyl groups excluding tert-OH is 1. The second kappa shape index (κ2) is 8.01. The number of hydrogen-bond acceptors (Lipinski definition) is 4. The monoisotopic (exact) mass is 231 g/mol. The average molecular weight is 231 g/mol. The summed E-state index contributed by atoms with van der Waals surface area (Å²) in [4.78, 5) is 2.25. The summed E-state index contributed by atoms with van der Waals surface area (Å²) in [6, 6.07) is 0.155. The molecule has 0 spiro atoms. The van der Waals surface area contributed by atoms with Crippen molar-refractivity contribution >= 4 is 0 Å². The topological polar surface area (TPSA) is 41.9 Å². The van der Waals surface area contributed by atoms with Gasteiger partial charge in [-0.05, 0) is 12.3 Å². The third-order valence-electron chi connectivity index (χ3n) is 2.92. The number of morpholine rings is 1. The molecule has 96 valence electrons. The standard InChI is InChI=1S/C12H25NO3/c1-11(2)3-6-15-7-4-13-5-8-16-10-12(13)9-14/h11-12,14H,3-10H2,1-2H3. The third-order valence-corrected chi connectivity index (χ3v) is 2.92. The van der Waals surface area contributed by atoms with E-state index in [4.69, 9.17) is 9.47 Å². The summed E-state index contributed by atoms with van der Waals surface area (Å²) >= 11 is 0. The molecule has 0 aromatic heterocycles. The van der Waals surface area contributed by atoms with Gasteiger partial charge in [-0.25, -0.2) is 0 Å². The van der Waals surface area contributed by atoms with Crippen molar-refractivity contribution in [2.45, 2.75) is 26.3 Å². The lowest BCUT2D eigenvalue weighted by molar-refractivity contribution is -0.0380. The molecule has 1 saturated heterocycles. The smallest absolute Gasteiger partial charge is 0.0644 e. The summed E-state index contributed by atoms with van der Waals surface area (Å²) in [5.41, 5.74) is 0. The van der Waals surface area contributed by atoms with Gasteiger partial charge in [0.15, 0.2) is 0 Å². The van der Waals surface area contributed by atoms with Gasteiger partial charge >= 0.3 is 0 Å². The van der Waals surface area contributed by atoms with E-state index in [0.29, 0.717) is 12.5 Å². The van der Waals surface area contributed by atoms with Gasteiger partial charge in [0.05, 0.1) is 32.5 Å². The van der Waals surface area contributed by atoms with Crippen molar-refractivity contribution in [3.63, 3.8) is 0 Å². The quantitative estimate of drug-likeness (QED) is 0.656. The molecule has 1 fully saturated rings. The highest BCUT2D eigenvalue weighted by Crippen LogP contribution is 2.06. The fraction of sp³-hybridized carbons (Fsp3) is 1.00. The van der Waals surface area contributed by atoms with Crippen molar-refractivity contribution < 1.29 is 14.6 Å². The van der Waals surface area contributed by atoms with Crippen LogP contribution in [0.3, 0.4) is 0 Å². The molecule has 0 amide bonds. The van der Waals surface area contributed by atoms with E-state index >= 15 is 0 Å². The van der Waals surface area contributed by atoms with Gasteiger partial charge in [0.2, 0.25) is 0 Å². The second-order valence-electron chi connectivity index (χ2n) is 4.74. The van der Waals surface area contributed by atoms with Crippen LogP contribution in [0.25, 0.3) is 0 Å². The Morgan fingerprint density at radius 1 is 1.44 bits per heavy atom. The maximum atomic E-state index is 9.17. The van der Waals surface area contributed by atoms with Gasteiger partial charge in [0.1, 0.15) is 0 Å². The molecule has 1 heterocycles. The lowest BCUT2D eigenvalue weighted by Gasteiger charge is -2.34. The molecule has 1 N–H and O–H groups in total. The van der Waals surface area contributed by atoms with Crippen molar-refractivity contribution in [1.82, 2.24) is 4.90 Å². The molecule has 4 heteroatoms. The normalized spacial score (nSPS) is 22.9. The second-order valence-corrected chi connectivity index (χ2v) is 4.74. The molecule has 0 bridgehead atoms. The van der Waals surface area contributed by atoms with Gasteiger partial charge in [-0.1, -0.05) is 13.8 Å². The SMILES string of the molecule is CC(C)CCOCCN1CCOCC1CO. The van der Waals surface area contributed by atoms with Crippen LogP contribution in [-0.2, 0) is 9.47 Å². The lowest BCUT2D eigenvalue weighted by atomic mass is 10.1. The first kappa shape index (κ1) is 13.9. The van der Waals surface area contributed by atoms with Crippen LogP contribution in [0.15, 0.2) is 0 Å². The van der Waals surface area contributed by atoms with Crippen molar-refractivity contribution in [3.05, 3.63) is 0 Å². The number of aliphatic hydroxyl groups is 1. The van der Waals surface area contributed by atoms with E-state index in [1.165, 1.54) is 0 Å². The van der Waals surface area contributed by atoms with Crippen LogP contribution in [0.5, 0.6) is 0 Å². The lowest BCUT2D eigenvalue weighted by Crippen LogP contribution is -2.48. The molecular formula is C12H25NO3. The number of rotatable bonds is 7. The van der Waals surface area contributed by atoms with Crippen LogP contribution in [0, 0.1) is 5.92 Å². The number of hydrogen-bond donors (Lipinski definition) is 1. The number of ether oxygens (including phenoxy) is 2. The largest absolute Gasteiger partial charge is 0.395 e. The summed E-state index contributed by atoms with van der Waals surface area (Å²) in [5, 5.41) is 9.17. The molecular weight excluding hydrogens is 206 g/mol. The summed E-state index contributed by atoms with van der Waals surface area (Å²) in [6.45, 7) is 9.37. The first-order valence-electron chi connectivity index (χ1n) is 6.24. The molecule has 1 aliphatic heterocycles. The van der Waals surface area contributed by atoms with Crippen molar-refractivity contribution in [2.24, 2.45) is 5.92 Å². The Hall–Kier alpha value is -0.160. The molecule has 1 atom stereocenters. The maximum absolute atomic E-state index is 9.17. The average Bonchev–Trinajstić information content (AvgIpc) is 2.29. The fourth-order valence-electron chi connectivity index (χ4n) is 1.75. The molecule has 0 radical (unpaired) electrons. The summed E-state index contributed by atoms with van der Waals surface area (Å²) in [7, 11) is 0.